The molecule has 3 heterocycles. The van der Waals surface area contributed by atoms with Gasteiger partial charge in [-0.05, 0) is 18.9 Å². The summed E-state index contributed by atoms with van der Waals surface area (Å²) < 4.78 is 1.91. The molecule has 0 aliphatic carbocycles. The summed E-state index contributed by atoms with van der Waals surface area (Å²) in [4.78, 5) is 6.61. The Bertz CT molecular complexity index is 442. The Morgan fingerprint density at radius 1 is 1.07 bits per heavy atom. The Morgan fingerprint density at radius 3 is 2.79 bits per heavy atom. The standard InChI is InChI=1S/C10H12N4/c1-2-8-13(7-1)10-4-5-11-9-3-6-12-14(9)10/h3-6H,1-2,7-8H2. The molecule has 2 aromatic heterocycles. The minimum Gasteiger partial charge on any atom is -0.356 e. The van der Waals surface area contributed by atoms with Crippen molar-refractivity contribution >= 4 is 11.5 Å². The molecule has 0 saturated carbocycles. The summed E-state index contributed by atoms with van der Waals surface area (Å²) in [6.07, 6.45) is 6.21. The van der Waals surface area contributed by atoms with Crippen LogP contribution in [0.1, 0.15) is 12.8 Å². The van der Waals surface area contributed by atoms with Gasteiger partial charge in [-0.3, -0.25) is 0 Å². The zero-order chi connectivity index (χ0) is 9.38. The average molecular weight is 188 g/mol. The minimum absolute atomic E-state index is 0.925. The smallest absolute Gasteiger partial charge is 0.157 e. The van der Waals surface area contributed by atoms with Crippen LogP contribution < -0.4 is 4.90 Å². The second-order valence-corrected chi connectivity index (χ2v) is 3.60. The van der Waals surface area contributed by atoms with Gasteiger partial charge in [-0.1, -0.05) is 0 Å². The first-order valence-electron chi connectivity index (χ1n) is 4.99. The number of rotatable bonds is 1. The van der Waals surface area contributed by atoms with Crippen LogP contribution in [-0.4, -0.2) is 27.7 Å². The van der Waals surface area contributed by atoms with Gasteiger partial charge >= 0.3 is 0 Å². The molecular weight excluding hydrogens is 176 g/mol. The van der Waals surface area contributed by atoms with E-state index in [0.717, 1.165) is 24.6 Å². The molecule has 0 aromatic carbocycles. The molecule has 0 radical (unpaired) electrons. The quantitative estimate of drug-likeness (QED) is 0.677. The van der Waals surface area contributed by atoms with Gasteiger partial charge in [-0.25, -0.2) is 4.98 Å². The van der Waals surface area contributed by atoms with Crippen LogP contribution in [0.15, 0.2) is 24.5 Å². The first-order valence-corrected chi connectivity index (χ1v) is 4.99. The molecule has 1 fully saturated rings. The molecule has 0 spiro atoms. The largest absolute Gasteiger partial charge is 0.356 e. The number of fused-ring (bicyclic) bond motifs is 1. The molecule has 1 aliphatic rings. The predicted octanol–water partition coefficient (Wildman–Crippen LogP) is 1.33. The molecule has 72 valence electrons. The lowest BCUT2D eigenvalue weighted by molar-refractivity contribution is 0.851. The maximum Gasteiger partial charge on any atom is 0.157 e. The topological polar surface area (TPSA) is 33.4 Å². The fourth-order valence-corrected chi connectivity index (χ4v) is 2.01. The first kappa shape index (κ1) is 7.79. The molecule has 0 unspecified atom stereocenters. The van der Waals surface area contributed by atoms with Crippen molar-refractivity contribution in [1.29, 1.82) is 0 Å². The highest BCUT2D eigenvalue weighted by atomic mass is 15.3. The Labute approximate surface area is 82.2 Å². The van der Waals surface area contributed by atoms with Crippen molar-refractivity contribution in [3.8, 4) is 0 Å². The Kier molecular flexibility index (Phi) is 1.65. The fourth-order valence-electron chi connectivity index (χ4n) is 2.01. The number of anilines is 1. The van der Waals surface area contributed by atoms with Crippen LogP contribution >= 0.6 is 0 Å². The summed E-state index contributed by atoms with van der Waals surface area (Å²) in [6.45, 7) is 2.28. The van der Waals surface area contributed by atoms with Gasteiger partial charge in [0, 0.05) is 25.4 Å². The maximum absolute atomic E-state index is 4.28. The molecule has 2 aromatic rings. The van der Waals surface area contributed by atoms with Crippen LogP contribution in [0, 0.1) is 0 Å². The van der Waals surface area contributed by atoms with E-state index in [9.17, 15) is 0 Å². The summed E-state index contributed by atoms with van der Waals surface area (Å²) in [6, 6.07) is 3.96. The lowest BCUT2D eigenvalue weighted by Gasteiger charge is -2.17. The highest BCUT2D eigenvalue weighted by molar-refractivity contribution is 5.49. The third kappa shape index (κ3) is 1.07. The summed E-state index contributed by atoms with van der Waals surface area (Å²) in [7, 11) is 0. The number of hydrogen-bond acceptors (Lipinski definition) is 3. The van der Waals surface area contributed by atoms with E-state index in [0.29, 0.717) is 0 Å². The summed E-state index contributed by atoms with van der Waals surface area (Å²) >= 11 is 0. The maximum atomic E-state index is 4.28. The van der Waals surface area contributed by atoms with Gasteiger partial charge in [0.2, 0.25) is 0 Å². The van der Waals surface area contributed by atoms with Crippen molar-refractivity contribution in [1.82, 2.24) is 14.6 Å². The van der Waals surface area contributed by atoms with Gasteiger partial charge in [0.15, 0.2) is 5.65 Å². The van der Waals surface area contributed by atoms with Crippen LogP contribution in [0.4, 0.5) is 5.82 Å². The van der Waals surface area contributed by atoms with Crippen molar-refractivity contribution in [2.45, 2.75) is 12.8 Å². The lowest BCUT2D eigenvalue weighted by atomic mass is 10.4. The number of aromatic nitrogens is 3. The second kappa shape index (κ2) is 2.97. The van der Waals surface area contributed by atoms with Gasteiger partial charge in [-0.2, -0.15) is 9.61 Å². The lowest BCUT2D eigenvalue weighted by Crippen LogP contribution is -2.20. The fraction of sp³-hybridized carbons (Fsp3) is 0.400. The number of nitrogens with zero attached hydrogens (tertiary/aromatic N) is 4. The van der Waals surface area contributed by atoms with E-state index in [1.165, 1.54) is 12.8 Å². The van der Waals surface area contributed by atoms with Crippen LogP contribution in [0.2, 0.25) is 0 Å². The zero-order valence-electron chi connectivity index (χ0n) is 7.93. The van der Waals surface area contributed by atoms with Gasteiger partial charge < -0.3 is 4.90 Å². The summed E-state index contributed by atoms with van der Waals surface area (Å²) in [5, 5.41) is 4.28. The molecule has 1 saturated heterocycles. The highest BCUT2D eigenvalue weighted by Crippen LogP contribution is 2.19. The summed E-state index contributed by atoms with van der Waals surface area (Å²) in [5.74, 6) is 1.16. The van der Waals surface area contributed by atoms with E-state index in [1.54, 1.807) is 6.20 Å². The minimum atomic E-state index is 0.925. The van der Waals surface area contributed by atoms with E-state index < -0.39 is 0 Å². The molecular formula is C10H12N4. The molecule has 3 rings (SSSR count). The SMILES string of the molecule is c1cc(N2CCCC2)n2nccc2n1. The second-order valence-electron chi connectivity index (χ2n) is 3.60. The van der Waals surface area contributed by atoms with Gasteiger partial charge in [-0.15, -0.1) is 0 Å². The summed E-state index contributed by atoms with van der Waals surface area (Å²) in [5.41, 5.74) is 0.925. The Hall–Kier alpha value is -1.58. The van der Waals surface area contributed by atoms with Crippen LogP contribution in [0.25, 0.3) is 5.65 Å². The third-order valence-electron chi connectivity index (χ3n) is 2.70. The van der Waals surface area contributed by atoms with Crippen LogP contribution in [0.3, 0.4) is 0 Å². The monoisotopic (exact) mass is 188 g/mol. The molecule has 4 nitrogen and oxygen atoms in total. The predicted molar refractivity (Wildman–Crippen MR) is 54.4 cm³/mol. The Morgan fingerprint density at radius 2 is 1.93 bits per heavy atom. The molecule has 1 aliphatic heterocycles. The highest BCUT2D eigenvalue weighted by Gasteiger charge is 2.15. The molecule has 0 atom stereocenters. The normalized spacial score (nSPS) is 16.7. The van der Waals surface area contributed by atoms with Crippen molar-refractivity contribution in [2.75, 3.05) is 18.0 Å². The third-order valence-corrected chi connectivity index (χ3v) is 2.70. The van der Waals surface area contributed by atoms with Gasteiger partial charge in [0.1, 0.15) is 5.82 Å². The molecule has 0 N–H and O–H groups in total. The zero-order valence-corrected chi connectivity index (χ0v) is 7.93. The molecule has 4 heteroatoms. The van der Waals surface area contributed by atoms with Crippen LogP contribution in [-0.2, 0) is 0 Å². The van der Waals surface area contributed by atoms with Gasteiger partial charge in [0.25, 0.3) is 0 Å². The first-order chi connectivity index (χ1) is 6.95. The van der Waals surface area contributed by atoms with Crippen molar-refractivity contribution in [2.24, 2.45) is 0 Å². The van der Waals surface area contributed by atoms with Gasteiger partial charge in [0.05, 0.1) is 6.20 Å². The Balaban J connectivity index is 2.14. The molecule has 0 bridgehead atoms. The van der Waals surface area contributed by atoms with E-state index in [4.69, 9.17) is 0 Å². The van der Waals surface area contributed by atoms with E-state index in [2.05, 4.69) is 15.0 Å². The van der Waals surface area contributed by atoms with E-state index >= 15 is 0 Å². The van der Waals surface area contributed by atoms with E-state index in [-0.39, 0.29) is 0 Å². The molecule has 0 amide bonds. The molecule has 14 heavy (non-hydrogen) atoms. The van der Waals surface area contributed by atoms with E-state index in [1.807, 2.05) is 22.8 Å². The number of hydrogen-bond donors (Lipinski definition) is 0. The van der Waals surface area contributed by atoms with Crippen LogP contribution in [0.5, 0.6) is 0 Å². The average Bonchev–Trinajstić information content (AvgIpc) is 2.88. The van der Waals surface area contributed by atoms with Crippen molar-refractivity contribution in [3.63, 3.8) is 0 Å². The van der Waals surface area contributed by atoms with Crippen molar-refractivity contribution in [3.05, 3.63) is 24.5 Å². The van der Waals surface area contributed by atoms with Crippen molar-refractivity contribution < 1.29 is 0 Å².